The molecule has 2 N–H and O–H groups in total. The van der Waals surface area contributed by atoms with Crippen LogP contribution >= 0.6 is 0 Å². The van der Waals surface area contributed by atoms with E-state index in [0.717, 1.165) is 12.8 Å². The van der Waals surface area contributed by atoms with E-state index in [2.05, 4.69) is 41.8 Å². The second-order valence-electron chi connectivity index (χ2n) is 7.10. The molecule has 0 atom stereocenters. The van der Waals surface area contributed by atoms with Gasteiger partial charge in [0.15, 0.2) is 0 Å². The fourth-order valence-electron chi connectivity index (χ4n) is 2.96. The molecule has 0 aliphatic heterocycles. The largest absolute Gasteiger partial charge is 0.497 e. The summed E-state index contributed by atoms with van der Waals surface area (Å²) in [7, 11) is 1.56. The zero-order valence-corrected chi connectivity index (χ0v) is 17.7. The van der Waals surface area contributed by atoms with Gasteiger partial charge in [-0.2, -0.15) is 0 Å². The Balaban J connectivity index is 1.61. The minimum absolute atomic E-state index is 0.117. The monoisotopic (exact) mass is 418 g/mol. The molecule has 6 nitrogen and oxygen atoms in total. The highest BCUT2D eigenvalue weighted by Crippen LogP contribution is 2.13. The van der Waals surface area contributed by atoms with E-state index in [0.29, 0.717) is 23.6 Å². The smallest absolute Gasteiger partial charge is 0.267 e. The number of carbonyl (C=O) groups excluding carboxylic acids is 2. The van der Waals surface area contributed by atoms with Gasteiger partial charge in [-0.3, -0.25) is 9.59 Å². The fraction of sp³-hybridized carbons (Fsp3) is 0.200. The van der Waals surface area contributed by atoms with E-state index in [9.17, 15) is 9.59 Å². The molecule has 0 saturated heterocycles. The van der Waals surface area contributed by atoms with Gasteiger partial charge < -0.3 is 19.8 Å². The summed E-state index contributed by atoms with van der Waals surface area (Å²) in [6, 6.07) is 18.4. The van der Waals surface area contributed by atoms with Crippen molar-refractivity contribution in [3.63, 3.8) is 0 Å². The maximum absolute atomic E-state index is 12.7. The Morgan fingerprint density at radius 3 is 2.42 bits per heavy atom. The third-order valence-corrected chi connectivity index (χ3v) is 4.72. The van der Waals surface area contributed by atoms with Crippen LogP contribution in [0.3, 0.4) is 0 Å². The van der Waals surface area contributed by atoms with Gasteiger partial charge in [0.2, 0.25) is 0 Å². The topological polar surface area (TPSA) is 80.6 Å². The lowest BCUT2D eigenvalue weighted by atomic mass is 10.1. The van der Waals surface area contributed by atoms with Gasteiger partial charge in [-0.1, -0.05) is 29.8 Å². The molecule has 1 heterocycles. The zero-order chi connectivity index (χ0) is 22.1. The summed E-state index contributed by atoms with van der Waals surface area (Å²) < 4.78 is 10.4. The minimum Gasteiger partial charge on any atom is -0.497 e. The van der Waals surface area contributed by atoms with Crippen LogP contribution in [0.15, 0.2) is 77.0 Å². The number of methoxy groups -OCH3 is 1. The lowest BCUT2D eigenvalue weighted by Gasteiger charge is -2.11. The quantitative estimate of drug-likeness (QED) is 0.405. The minimum atomic E-state index is -0.393. The van der Waals surface area contributed by atoms with Crippen LogP contribution in [0.1, 0.15) is 33.7 Å². The van der Waals surface area contributed by atoms with Gasteiger partial charge in [-0.25, -0.2) is 0 Å². The number of hydrogen-bond donors (Lipinski definition) is 2. The van der Waals surface area contributed by atoms with Crippen LogP contribution in [0, 0.1) is 6.92 Å². The van der Waals surface area contributed by atoms with Crippen molar-refractivity contribution in [2.75, 3.05) is 13.7 Å². The molecule has 2 amide bonds. The van der Waals surface area contributed by atoms with Crippen molar-refractivity contribution in [2.24, 2.45) is 0 Å². The van der Waals surface area contributed by atoms with Gasteiger partial charge in [-0.05, 0) is 61.7 Å². The van der Waals surface area contributed by atoms with Crippen LogP contribution in [0.5, 0.6) is 5.75 Å². The van der Waals surface area contributed by atoms with Crippen molar-refractivity contribution in [3.05, 3.63) is 95.1 Å². The molecular weight excluding hydrogens is 392 g/mol. The molecule has 0 unspecified atom stereocenters. The highest BCUT2D eigenvalue weighted by atomic mass is 16.5. The molecule has 0 bridgehead atoms. The second-order valence-corrected chi connectivity index (χ2v) is 7.10. The number of hydrogen-bond acceptors (Lipinski definition) is 4. The highest BCUT2D eigenvalue weighted by Gasteiger charge is 2.15. The normalized spacial score (nSPS) is 11.1. The number of carbonyl (C=O) groups is 2. The molecule has 1 aromatic heterocycles. The molecule has 0 aliphatic carbocycles. The van der Waals surface area contributed by atoms with E-state index in [4.69, 9.17) is 9.15 Å². The molecule has 0 fully saturated rings. The van der Waals surface area contributed by atoms with Crippen molar-refractivity contribution in [1.82, 2.24) is 10.6 Å². The first-order chi connectivity index (χ1) is 15.0. The number of furan rings is 1. The maximum Gasteiger partial charge on any atom is 0.267 e. The Labute approximate surface area is 181 Å². The fourth-order valence-corrected chi connectivity index (χ4v) is 2.96. The summed E-state index contributed by atoms with van der Waals surface area (Å²) in [5, 5.41) is 5.55. The molecule has 6 heteroatoms. The van der Waals surface area contributed by atoms with Crippen LogP contribution < -0.4 is 15.4 Å². The first-order valence-corrected chi connectivity index (χ1v) is 10.1. The van der Waals surface area contributed by atoms with E-state index < -0.39 is 5.91 Å². The predicted octanol–water partition coefficient (Wildman–Crippen LogP) is 4.12. The first kappa shape index (κ1) is 21.9. The van der Waals surface area contributed by atoms with Crippen LogP contribution in [0.2, 0.25) is 0 Å². The van der Waals surface area contributed by atoms with Gasteiger partial charge in [0.1, 0.15) is 17.2 Å². The van der Waals surface area contributed by atoms with Crippen molar-refractivity contribution < 1.29 is 18.7 Å². The van der Waals surface area contributed by atoms with E-state index >= 15 is 0 Å². The van der Waals surface area contributed by atoms with Gasteiger partial charge in [0, 0.05) is 18.2 Å². The van der Waals surface area contributed by atoms with Crippen molar-refractivity contribution in [1.29, 1.82) is 0 Å². The SMILES string of the molecule is COc1ccc(C(=O)N/C(=C\c2ccco2)C(=O)NCCCc2ccc(C)cc2)cc1. The number of rotatable bonds is 9. The van der Waals surface area contributed by atoms with Crippen LogP contribution in [0.25, 0.3) is 6.08 Å². The van der Waals surface area contributed by atoms with Crippen LogP contribution in [-0.2, 0) is 11.2 Å². The highest BCUT2D eigenvalue weighted by molar-refractivity contribution is 6.05. The lowest BCUT2D eigenvalue weighted by Crippen LogP contribution is -2.35. The molecule has 3 aromatic rings. The Bertz CT molecular complexity index is 1020. The summed E-state index contributed by atoms with van der Waals surface area (Å²) in [6.45, 7) is 2.54. The predicted molar refractivity (Wildman–Crippen MR) is 120 cm³/mol. The van der Waals surface area contributed by atoms with Crippen LogP contribution in [-0.4, -0.2) is 25.5 Å². The Kier molecular flexibility index (Phi) is 7.65. The summed E-state index contributed by atoms with van der Waals surface area (Å²) >= 11 is 0. The number of amides is 2. The molecule has 0 aliphatic rings. The van der Waals surface area contributed by atoms with Gasteiger partial charge >= 0.3 is 0 Å². The molecule has 3 rings (SSSR count). The van der Waals surface area contributed by atoms with E-state index in [1.165, 1.54) is 23.5 Å². The maximum atomic E-state index is 12.7. The van der Waals surface area contributed by atoms with Gasteiger partial charge in [-0.15, -0.1) is 0 Å². The molecule has 0 saturated carbocycles. The third-order valence-electron chi connectivity index (χ3n) is 4.72. The molecule has 160 valence electrons. The summed E-state index contributed by atoms with van der Waals surface area (Å²) in [5.74, 6) is 0.353. The van der Waals surface area contributed by atoms with Crippen molar-refractivity contribution in [3.8, 4) is 5.75 Å². The Hall–Kier alpha value is -3.80. The molecule has 0 radical (unpaired) electrons. The Morgan fingerprint density at radius 2 is 1.77 bits per heavy atom. The van der Waals surface area contributed by atoms with E-state index in [1.807, 2.05) is 0 Å². The first-order valence-electron chi connectivity index (χ1n) is 10.1. The molecule has 2 aromatic carbocycles. The number of aryl methyl sites for hydroxylation is 2. The average Bonchev–Trinajstić information content (AvgIpc) is 3.30. The summed E-state index contributed by atoms with van der Waals surface area (Å²) in [4.78, 5) is 25.4. The summed E-state index contributed by atoms with van der Waals surface area (Å²) in [5.41, 5.74) is 2.97. The lowest BCUT2D eigenvalue weighted by molar-refractivity contribution is -0.117. The zero-order valence-electron chi connectivity index (χ0n) is 17.7. The summed E-state index contributed by atoms with van der Waals surface area (Å²) in [6.07, 6.45) is 4.66. The molecule has 31 heavy (non-hydrogen) atoms. The van der Waals surface area contributed by atoms with Gasteiger partial charge in [0.25, 0.3) is 11.8 Å². The number of ether oxygens (including phenoxy) is 1. The van der Waals surface area contributed by atoms with E-state index in [-0.39, 0.29) is 11.6 Å². The standard InChI is InChI=1S/C25H26N2O4/c1-18-7-9-19(10-8-18)5-3-15-26-25(29)23(17-22-6-4-16-31-22)27-24(28)20-11-13-21(30-2)14-12-20/h4,6-14,16-17H,3,5,15H2,1-2H3,(H,26,29)(H,27,28)/b23-17-. The molecule has 0 spiro atoms. The van der Waals surface area contributed by atoms with Gasteiger partial charge in [0.05, 0.1) is 13.4 Å². The molecular formula is C25H26N2O4. The van der Waals surface area contributed by atoms with E-state index in [1.54, 1.807) is 43.5 Å². The Morgan fingerprint density at radius 1 is 1.03 bits per heavy atom. The average molecular weight is 418 g/mol. The van der Waals surface area contributed by atoms with Crippen LogP contribution in [0.4, 0.5) is 0 Å². The van der Waals surface area contributed by atoms with Crippen molar-refractivity contribution in [2.45, 2.75) is 19.8 Å². The van der Waals surface area contributed by atoms with Crippen molar-refractivity contribution >= 4 is 17.9 Å². The third kappa shape index (κ3) is 6.60. The number of nitrogens with one attached hydrogen (secondary N) is 2. The second kappa shape index (κ2) is 10.8. The number of benzene rings is 2.